The molecule has 1 fully saturated rings. The molecule has 0 spiro atoms. The third-order valence-corrected chi connectivity index (χ3v) is 3.06. The average molecular weight is 193 g/mol. The molecule has 0 radical (unpaired) electrons. The van der Waals surface area contributed by atoms with Crippen molar-refractivity contribution >= 4 is 0 Å². The summed E-state index contributed by atoms with van der Waals surface area (Å²) in [6.45, 7) is 5.49. The van der Waals surface area contributed by atoms with Gasteiger partial charge in [0.05, 0.1) is 11.4 Å². The van der Waals surface area contributed by atoms with Crippen LogP contribution in [0.5, 0.6) is 0 Å². The standard InChI is InChI=1S/C11H19N3/c1-8-4-5-10(12-7-8)11-6-9(2)13-14(11)3/h6,8,10,12H,4-5,7H2,1-3H3. The molecule has 3 heteroatoms. The maximum Gasteiger partial charge on any atom is 0.0597 e. The lowest BCUT2D eigenvalue weighted by molar-refractivity contribution is 0.322. The number of rotatable bonds is 1. The van der Waals surface area contributed by atoms with Crippen LogP contribution in [0.2, 0.25) is 0 Å². The van der Waals surface area contributed by atoms with E-state index in [0.29, 0.717) is 6.04 Å². The quantitative estimate of drug-likeness (QED) is 0.737. The zero-order valence-electron chi connectivity index (χ0n) is 9.25. The summed E-state index contributed by atoms with van der Waals surface area (Å²) in [4.78, 5) is 0. The number of hydrogen-bond donors (Lipinski definition) is 1. The lowest BCUT2D eigenvalue weighted by Crippen LogP contribution is -2.32. The summed E-state index contributed by atoms with van der Waals surface area (Å²) in [5.74, 6) is 0.820. The number of aromatic nitrogens is 2. The Labute approximate surface area is 85.5 Å². The van der Waals surface area contributed by atoms with E-state index in [1.54, 1.807) is 0 Å². The van der Waals surface area contributed by atoms with Gasteiger partial charge in [0.25, 0.3) is 0 Å². The molecule has 14 heavy (non-hydrogen) atoms. The summed E-state index contributed by atoms with van der Waals surface area (Å²) in [6.07, 6.45) is 2.56. The highest BCUT2D eigenvalue weighted by Gasteiger charge is 2.21. The van der Waals surface area contributed by atoms with Crippen molar-refractivity contribution in [1.29, 1.82) is 0 Å². The third-order valence-electron chi connectivity index (χ3n) is 3.06. The minimum Gasteiger partial charge on any atom is -0.308 e. The van der Waals surface area contributed by atoms with Crippen LogP contribution in [-0.4, -0.2) is 16.3 Å². The molecule has 1 aliphatic heterocycles. The maximum atomic E-state index is 4.38. The first-order valence-corrected chi connectivity index (χ1v) is 5.40. The fourth-order valence-corrected chi connectivity index (χ4v) is 2.21. The van der Waals surface area contributed by atoms with Gasteiger partial charge in [-0.05, 0) is 38.3 Å². The Bertz CT molecular complexity index is 308. The highest BCUT2D eigenvalue weighted by molar-refractivity contribution is 5.13. The van der Waals surface area contributed by atoms with Crippen molar-refractivity contribution in [2.75, 3.05) is 6.54 Å². The van der Waals surface area contributed by atoms with Gasteiger partial charge in [0.2, 0.25) is 0 Å². The summed E-state index contributed by atoms with van der Waals surface area (Å²) in [5.41, 5.74) is 2.44. The van der Waals surface area contributed by atoms with Crippen LogP contribution in [0.4, 0.5) is 0 Å². The summed E-state index contributed by atoms with van der Waals surface area (Å²) >= 11 is 0. The van der Waals surface area contributed by atoms with Crippen molar-refractivity contribution in [3.8, 4) is 0 Å². The molecule has 1 aromatic rings. The van der Waals surface area contributed by atoms with Gasteiger partial charge in [-0.1, -0.05) is 6.92 Å². The molecule has 3 nitrogen and oxygen atoms in total. The van der Waals surface area contributed by atoms with Crippen LogP contribution in [0.25, 0.3) is 0 Å². The zero-order chi connectivity index (χ0) is 10.1. The van der Waals surface area contributed by atoms with E-state index in [9.17, 15) is 0 Å². The Hall–Kier alpha value is -0.830. The number of nitrogens with zero attached hydrogens (tertiary/aromatic N) is 2. The van der Waals surface area contributed by atoms with Crippen LogP contribution < -0.4 is 5.32 Å². The van der Waals surface area contributed by atoms with E-state index in [1.807, 2.05) is 11.7 Å². The summed E-state index contributed by atoms with van der Waals surface area (Å²) < 4.78 is 2.00. The van der Waals surface area contributed by atoms with Crippen molar-refractivity contribution in [2.24, 2.45) is 13.0 Å². The first kappa shape index (κ1) is 9.71. The second kappa shape index (κ2) is 3.73. The molecule has 2 unspecified atom stereocenters. The summed E-state index contributed by atoms with van der Waals surface area (Å²) in [7, 11) is 2.03. The lowest BCUT2D eigenvalue weighted by Gasteiger charge is -2.27. The first-order valence-electron chi connectivity index (χ1n) is 5.40. The van der Waals surface area contributed by atoms with Gasteiger partial charge in [-0.2, -0.15) is 5.10 Å². The summed E-state index contributed by atoms with van der Waals surface area (Å²) in [5, 5.41) is 7.96. The molecule has 2 rings (SSSR count). The number of piperidine rings is 1. The predicted molar refractivity (Wildman–Crippen MR) is 57.1 cm³/mol. The zero-order valence-corrected chi connectivity index (χ0v) is 9.25. The molecule has 1 saturated heterocycles. The number of aryl methyl sites for hydroxylation is 2. The van der Waals surface area contributed by atoms with Gasteiger partial charge in [0.15, 0.2) is 0 Å². The van der Waals surface area contributed by atoms with Gasteiger partial charge in [0, 0.05) is 13.1 Å². The molecule has 0 amide bonds. The normalized spacial score (nSPS) is 27.9. The van der Waals surface area contributed by atoms with Crippen LogP contribution in [0, 0.1) is 12.8 Å². The van der Waals surface area contributed by atoms with Crippen LogP contribution in [0.15, 0.2) is 6.07 Å². The minimum absolute atomic E-state index is 0.511. The second-order valence-corrected chi connectivity index (χ2v) is 4.48. The summed E-state index contributed by atoms with van der Waals surface area (Å²) in [6, 6.07) is 2.70. The smallest absolute Gasteiger partial charge is 0.0597 e. The van der Waals surface area contributed by atoms with E-state index in [0.717, 1.165) is 18.2 Å². The monoisotopic (exact) mass is 193 g/mol. The molecular formula is C11H19N3. The first-order chi connectivity index (χ1) is 6.66. The van der Waals surface area contributed by atoms with Crippen LogP contribution in [0.3, 0.4) is 0 Å². The van der Waals surface area contributed by atoms with Gasteiger partial charge in [0.1, 0.15) is 0 Å². The van der Waals surface area contributed by atoms with Gasteiger partial charge in [-0.3, -0.25) is 4.68 Å². The van der Waals surface area contributed by atoms with Crippen molar-refractivity contribution in [1.82, 2.24) is 15.1 Å². The van der Waals surface area contributed by atoms with E-state index in [4.69, 9.17) is 0 Å². The Morgan fingerprint density at radius 1 is 1.50 bits per heavy atom. The molecule has 1 aromatic heterocycles. The molecule has 1 aliphatic rings. The van der Waals surface area contributed by atoms with E-state index < -0.39 is 0 Å². The highest BCUT2D eigenvalue weighted by Crippen LogP contribution is 2.25. The Morgan fingerprint density at radius 3 is 2.79 bits per heavy atom. The van der Waals surface area contributed by atoms with Crippen molar-refractivity contribution in [3.63, 3.8) is 0 Å². The Balaban J connectivity index is 2.11. The van der Waals surface area contributed by atoms with Gasteiger partial charge < -0.3 is 5.32 Å². The van der Waals surface area contributed by atoms with Gasteiger partial charge in [-0.15, -0.1) is 0 Å². The maximum absolute atomic E-state index is 4.38. The Kier molecular flexibility index (Phi) is 2.59. The molecule has 0 aromatic carbocycles. The van der Waals surface area contributed by atoms with E-state index in [-0.39, 0.29) is 0 Å². The minimum atomic E-state index is 0.511. The fraction of sp³-hybridized carbons (Fsp3) is 0.727. The van der Waals surface area contributed by atoms with Crippen molar-refractivity contribution in [2.45, 2.75) is 32.7 Å². The molecular weight excluding hydrogens is 174 g/mol. The molecule has 0 bridgehead atoms. The van der Waals surface area contributed by atoms with E-state index in [2.05, 4.69) is 30.3 Å². The van der Waals surface area contributed by atoms with Crippen LogP contribution >= 0.6 is 0 Å². The lowest BCUT2D eigenvalue weighted by atomic mass is 9.94. The topological polar surface area (TPSA) is 29.9 Å². The molecule has 78 valence electrons. The number of nitrogens with one attached hydrogen (secondary N) is 1. The van der Waals surface area contributed by atoms with Gasteiger partial charge in [-0.25, -0.2) is 0 Å². The van der Waals surface area contributed by atoms with Gasteiger partial charge >= 0.3 is 0 Å². The number of hydrogen-bond acceptors (Lipinski definition) is 2. The van der Waals surface area contributed by atoms with E-state index >= 15 is 0 Å². The van der Waals surface area contributed by atoms with Crippen molar-refractivity contribution < 1.29 is 0 Å². The highest BCUT2D eigenvalue weighted by atomic mass is 15.3. The Morgan fingerprint density at radius 2 is 2.29 bits per heavy atom. The second-order valence-electron chi connectivity index (χ2n) is 4.48. The molecule has 0 aliphatic carbocycles. The average Bonchev–Trinajstić information content (AvgIpc) is 2.47. The SMILES string of the molecule is Cc1cc(C2CCC(C)CN2)n(C)n1. The van der Waals surface area contributed by atoms with Crippen LogP contribution in [0.1, 0.15) is 37.2 Å². The predicted octanol–water partition coefficient (Wildman–Crippen LogP) is 1.79. The molecule has 2 atom stereocenters. The van der Waals surface area contributed by atoms with E-state index in [1.165, 1.54) is 18.5 Å². The van der Waals surface area contributed by atoms with Crippen LogP contribution in [-0.2, 0) is 7.05 Å². The largest absolute Gasteiger partial charge is 0.308 e. The molecule has 0 saturated carbocycles. The fourth-order valence-electron chi connectivity index (χ4n) is 2.21. The molecule has 1 N–H and O–H groups in total. The van der Waals surface area contributed by atoms with Crippen molar-refractivity contribution in [3.05, 3.63) is 17.5 Å². The third kappa shape index (κ3) is 1.82. The molecule has 2 heterocycles.